The summed E-state index contributed by atoms with van der Waals surface area (Å²) in [6.07, 6.45) is 8.07. The lowest BCUT2D eigenvalue weighted by Gasteiger charge is -2.30. The summed E-state index contributed by atoms with van der Waals surface area (Å²) in [5, 5.41) is 0. The second-order valence-electron chi connectivity index (χ2n) is 5.94. The zero-order valence-electron chi connectivity index (χ0n) is 11.2. The third-order valence-electron chi connectivity index (χ3n) is 5.01. The highest BCUT2D eigenvalue weighted by Crippen LogP contribution is 2.54. The van der Waals surface area contributed by atoms with Gasteiger partial charge >= 0.3 is 0 Å². The summed E-state index contributed by atoms with van der Waals surface area (Å²) >= 11 is 0. The normalized spacial score (nSPS) is 19.8. The molecule has 0 aromatic heterocycles. The quantitative estimate of drug-likeness (QED) is 0.619. The number of hydrogen-bond acceptors (Lipinski definition) is 0. The van der Waals surface area contributed by atoms with Crippen molar-refractivity contribution in [2.75, 3.05) is 0 Å². The Bertz CT molecular complexity index is 553. The molecule has 2 radical (unpaired) electrons. The van der Waals surface area contributed by atoms with Crippen LogP contribution >= 0.6 is 0 Å². The van der Waals surface area contributed by atoms with Crippen molar-refractivity contribution in [1.82, 2.24) is 0 Å². The van der Waals surface area contributed by atoms with Gasteiger partial charge in [0.25, 0.3) is 0 Å². The molecule has 0 atom stereocenters. The van der Waals surface area contributed by atoms with Crippen molar-refractivity contribution in [2.24, 2.45) is 0 Å². The molecule has 0 amide bonds. The molecule has 1 saturated carbocycles. The summed E-state index contributed by atoms with van der Waals surface area (Å²) in [6.45, 7) is 0. The van der Waals surface area contributed by atoms with Crippen LogP contribution in [0.2, 0.25) is 0 Å². The molecule has 0 unspecified atom stereocenters. The van der Waals surface area contributed by atoms with Gasteiger partial charge in [0, 0.05) is 5.41 Å². The van der Waals surface area contributed by atoms with Crippen LogP contribution in [0.25, 0.3) is 11.1 Å². The average molecular weight is 246 g/mol. The lowest BCUT2D eigenvalue weighted by Crippen LogP contribution is -2.24. The summed E-state index contributed by atoms with van der Waals surface area (Å²) in [5.41, 5.74) is 6.17. The summed E-state index contributed by atoms with van der Waals surface area (Å²) in [4.78, 5) is 0. The second kappa shape index (κ2) is 4.23. The number of hydrogen-bond donors (Lipinski definition) is 0. The highest BCUT2D eigenvalue weighted by Gasteiger charge is 2.42. The first-order valence-corrected chi connectivity index (χ1v) is 7.43. The van der Waals surface area contributed by atoms with E-state index >= 15 is 0 Å². The molecule has 2 aliphatic carbocycles. The van der Waals surface area contributed by atoms with Crippen LogP contribution in [0.4, 0.5) is 0 Å². The van der Waals surface area contributed by atoms with Crippen molar-refractivity contribution in [3.05, 3.63) is 59.7 Å². The molecule has 0 saturated heterocycles. The van der Waals surface area contributed by atoms with E-state index in [0.29, 0.717) is 0 Å². The van der Waals surface area contributed by atoms with Crippen LogP contribution in [0, 0.1) is 12.1 Å². The lowest BCUT2D eigenvalue weighted by molar-refractivity contribution is 0.456. The van der Waals surface area contributed by atoms with Gasteiger partial charge in [0.15, 0.2) is 0 Å². The zero-order chi connectivity index (χ0) is 12.7. The predicted octanol–water partition coefficient (Wildman–Crippen LogP) is 4.91. The molecule has 0 aliphatic heterocycles. The van der Waals surface area contributed by atoms with Crippen molar-refractivity contribution < 1.29 is 0 Å². The Hall–Kier alpha value is -1.56. The molecule has 0 N–H and O–H groups in total. The van der Waals surface area contributed by atoms with E-state index in [1.54, 1.807) is 0 Å². The van der Waals surface area contributed by atoms with E-state index in [2.05, 4.69) is 48.5 Å². The van der Waals surface area contributed by atoms with Crippen LogP contribution in [-0.4, -0.2) is 0 Å². The average Bonchev–Trinajstić information content (AvgIpc) is 2.63. The molecular formula is C19H18. The lowest BCUT2D eigenvalue weighted by atomic mass is 9.72. The van der Waals surface area contributed by atoms with E-state index in [9.17, 15) is 0 Å². The maximum Gasteiger partial charge on any atom is 0.0215 e. The zero-order valence-corrected chi connectivity index (χ0v) is 11.2. The first-order chi connectivity index (χ1) is 9.42. The number of rotatable bonds is 0. The first kappa shape index (κ1) is 11.3. The molecular weight excluding hydrogens is 228 g/mol. The van der Waals surface area contributed by atoms with Gasteiger partial charge in [-0.1, -0.05) is 49.9 Å². The molecule has 0 bridgehead atoms. The SMILES string of the molecule is [c]1ccc2c(c1)C1(CCCCCC1)c1c[c]ccc1-2. The van der Waals surface area contributed by atoms with E-state index in [0.717, 1.165) is 0 Å². The van der Waals surface area contributed by atoms with E-state index in [-0.39, 0.29) is 5.41 Å². The molecule has 94 valence electrons. The van der Waals surface area contributed by atoms with Crippen LogP contribution in [0.1, 0.15) is 49.7 Å². The Kier molecular flexibility index (Phi) is 2.51. The molecule has 4 rings (SSSR count). The monoisotopic (exact) mass is 246 g/mol. The predicted molar refractivity (Wildman–Crippen MR) is 78.0 cm³/mol. The van der Waals surface area contributed by atoms with E-state index in [1.807, 2.05) is 0 Å². The fourth-order valence-electron chi connectivity index (χ4n) is 4.14. The first-order valence-electron chi connectivity index (χ1n) is 7.43. The Morgan fingerprint density at radius 3 is 1.79 bits per heavy atom. The highest BCUT2D eigenvalue weighted by atomic mass is 14.4. The van der Waals surface area contributed by atoms with Crippen LogP contribution < -0.4 is 0 Å². The standard InChI is InChI=1S/C19H18/c1-2-8-14-19(13-7-1)17-11-5-3-9-15(17)16-10-4-6-12-18(16)19/h3-4,9-12H,1-2,7-8,13-14H2. The van der Waals surface area contributed by atoms with Crippen molar-refractivity contribution in [3.63, 3.8) is 0 Å². The third kappa shape index (κ3) is 1.52. The van der Waals surface area contributed by atoms with Gasteiger partial charge in [-0.3, -0.25) is 0 Å². The van der Waals surface area contributed by atoms with E-state index in [1.165, 1.54) is 60.8 Å². The Labute approximate surface area is 115 Å². The van der Waals surface area contributed by atoms with Crippen LogP contribution in [0.15, 0.2) is 36.4 Å². The molecule has 1 spiro atoms. The van der Waals surface area contributed by atoms with Crippen molar-refractivity contribution >= 4 is 0 Å². The fraction of sp³-hybridized carbons (Fsp3) is 0.368. The summed E-state index contributed by atoms with van der Waals surface area (Å²) < 4.78 is 0. The van der Waals surface area contributed by atoms with Gasteiger partial charge in [-0.2, -0.15) is 0 Å². The molecule has 0 heterocycles. The minimum absolute atomic E-state index is 0.261. The van der Waals surface area contributed by atoms with Crippen LogP contribution in [-0.2, 0) is 5.41 Å². The highest BCUT2D eigenvalue weighted by molar-refractivity contribution is 5.80. The van der Waals surface area contributed by atoms with Gasteiger partial charge in [-0.05, 0) is 59.4 Å². The maximum absolute atomic E-state index is 3.31. The second-order valence-corrected chi connectivity index (χ2v) is 5.94. The topological polar surface area (TPSA) is 0 Å². The summed E-state index contributed by atoms with van der Waals surface area (Å²) in [5.74, 6) is 0. The Morgan fingerprint density at radius 2 is 1.26 bits per heavy atom. The minimum atomic E-state index is 0.261. The third-order valence-corrected chi connectivity index (χ3v) is 5.01. The van der Waals surface area contributed by atoms with Gasteiger partial charge in [0.05, 0.1) is 0 Å². The van der Waals surface area contributed by atoms with Crippen molar-refractivity contribution in [3.8, 4) is 11.1 Å². The fourth-order valence-corrected chi connectivity index (χ4v) is 4.14. The molecule has 0 heteroatoms. The molecule has 0 nitrogen and oxygen atoms in total. The largest absolute Gasteiger partial charge is 0.0537 e. The van der Waals surface area contributed by atoms with Crippen LogP contribution in [0.3, 0.4) is 0 Å². The van der Waals surface area contributed by atoms with Crippen molar-refractivity contribution in [1.29, 1.82) is 0 Å². The minimum Gasteiger partial charge on any atom is -0.0537 e. The van der Waals surface area contributed by atoms with Crippen LogP contribution in [0.5, 0.6) is 0 Å². The molecule has 2 aromatic carbocycles. The van der Waals surface area contributed by atoms with Gasteiger partial charge in [0.1, 0.15) is 0 Å². The summed E-state index contributed by atoms with van der Waals surface area (Å²) in [7, 11) is 0. The van der Waals surface area contributed by atoms with E-state index in [4.69, 9.17) is 0 Å². The smallest absolute Gasteiger partial charge is 0.0215 e. The Morgan fingerprint density at radius 1 is 0.737 bits per heavy atom. The maximum atomic E-state index is 3.31. The van der Waals surface area contributed by atoms with E-state index < -0.39 is 0 Å². The van der Waals surface area contributed by atoms with Gasteiger partial charge < -0.3 is 0 Å². The van der Waals surface area contributed by atoms with Gasteiger partial charge in [-0.25, -0.2) is 0 Å². The molecule has 1 fully saturated rings. The molecule has 2 aromatic rings. The van der Waals surface area contributed by atoms with Gasteiger partial charge in [-0.15, -0.1) is 0 Å². The number of fused-ring (bicyclic) bond motifs is 5. The van der Waals surface area contributed by atoms with Gasteiger partial charge in [0.2, 0.25) is 0 Å². The summed E-state index contributed by atoms with van der Waals surface area (Å²) in [6, 6.07) is 19.7. The Balaban J connectivity index is 1.99. The molecule has 2 aliphatic rings. The molecule has 19 heavy (non-hydrogen) atoms. The van der Waals surface area contributed by atoms with Crippen molar-refractivity contribution in [2.45, 2.75) is 43.9 Å². The number of benzene rings is 2.